The maximum absolute atomic E-state index is 12.9. The van der Waals surface area contributed by atoms with Gasteiger partial charge in [-0.25, -0.2) is 9.18 Å². The number of carbonyl (C=O) groups excluding carboxylic acids is 2. The maximum atomic E-state index is 12.9. The van der Waals surface area contributed by atoms with Crippen molar-refractivity contribution in [1.29, 1.82) is 0 Å². The number of amides is 2. The van der Waals surface area contributed by atoms with E-state index in [0.717, 1.165) is 24.9 Å². The van der Waals surface area contributed by atoms with Crippen LogP contribution in [0.3, 0.4) is 0 Å². The molecule has 0 bridgehead atoms. The fraction of sp³-hybridized carbons (Fsp3) is 0.364. The Bertz CT molecular complexity index is 855. The van der Waals surface area contributed by atoms with E-state index in [0.29, 0.717) is 17.7 Å². The first-order chi connectivity index (χ1) is 13.9. The summed E-state index contributed by atoms with van der Waals surface area (Å²) in [6.45, 7) is 0. The van der Waals surface area contributed by atoms with Gasteiger partial charge in [-0.3, -0.25) is 10.1 Å². The highest BCUT2D eigenvalue weighted by atomic mass is 19.1. The summed E-state index contributed by atoms with van der Waals surface area (Å²) in [5, 5.41) is 5.64. The standard InChI is InChI=1S/C22H26FN3O3/c1-26(2)19-7-3-5-15(13-19)21(27)24-18-6-4-8-20(14-18)29-22(28)25-17-11-9-16(23)10-12-17/h3,5,7,9-13,18,20H,4,6,8,14H2,1-2H3,(H,24,27)(H,25,28)/t18-,20-/m1/s1. The zero-order valence-electron chi connectivity index (χ0n) is 16.7. The van der Waals surface area contributed by atoms with Gasteiger partial charge in [0, 0.05) is 43.5 Å². The Kier molecular flexibility index (Phi) is 6.69. The first kappa shape index (κ1) is 20.6. The zero-order chi connectivity index (χ0) is 20.8. The largest absolute Gasteiger partial charge is 0.446 e. The number of hydrogen-bond acceptors (Lipinski definition) is 4. The van der Waals surface area contributed by atoms with Gasteiger partial charge in [0.2, 0.25) is 0 Å². The van der Waals surface area contributed by atoms with Crippen molar-refractivity contribution in [2.24, 2.45) is 0 Å². The monoisotopic (exact) mass is 399 g/mol. The number of rotatable bonds is 5. The van der Waals surface area contributed by atoms with E-state index in [1.807, 2.05) is 37.2 Å². The second kappa shape index (κ2) is 9.41. The lowest BCUT2D eigenvalue weighted by molar-refractivity contribution is 0.0712. The second-order valence-corrected chi connectivity index (χ2v) is 7.44. The second-order valence-electron chi connectivity index (χ2n) is 7.44. The molecule has 0 heterocycles. The lowest BCUT2D eigenvalue weighted by Crippen LogP contribution is -2.41. The molecule has 0 aliphatic heterocycles. The molecule has 6 nitrogen and oxygen atoms in total. The van der Waals surface area contributed by atoms with Crippen molar-refractivity contribution in [3.63, 3.8) is 0 Å². The molecule has 1 aliphatic rings. The number of halogens is 1. The van der Waals surface area contributed by atoms with Crippen molar-refractivity contribution in [2.75, 3.05) is 24.3 Å². The van der Waals surface area contributed by atoms with Gasteiger partial charge in [-0.2, -0.15) is 0 Å². The Labute approximate surface area is 170 Å². The summed E-state index contributed by atoms with van der Waals surface area (Å²) < 4.78 is 18.4. The third kappa shape index (κ3) is 5.94. The smallest absolute Gasteiger partial charge is 0.411 e. The van der Waals surface area contributed by atoms with Crippen LogP contribution >= 0.6 is 0 Å². The summed E-state index contributed by atoms with van der Waals surface area (Å²) in [5.41, 5.74) is 2.03. The Hall–Kier alpha value is -3.09. The summed E-state index contributed by atoms with van der Waals surface area (Å²) in [6.07, 6.45) is 2.17. The van der Waals surface area contributed by atoms with Gasteiger partial charge in [0.05, 0.1) is 0 Å². The number of anilines is 2. The SMILES string of the molecule is CN(C)c1cccc(C(=O)N[C@@H]2CCC[C@@H](OC(=O)Nc3ccc(F)cc3)C2)c1. The quantitative estimate of drug-likeness (QED) is 0.791. The highest BCUT2D eigenvalue weighted by molar-refractivity contribution is 5.95. The van der Waals surface area contributed by atoms with Gasteiger partial charge in [0.1, 0.15) is 11.9 Å². The van der Waals surface area contributed by atoms with Crippen LogP contribution in [0.15, 0.2) is 48.5 Å². The van der Waals surface area contributed by atoms with Crippen LogP contribution < -0.4 is 15.5 Å². The molecule has 2 amide bonds. The normalized spacial score (nSPS) is 18.6. The Morgan fingerprint density at radius 2 is 1.86 bits per heavy atom. The van der Waals surface area contributed by atoms with Crippen molar-refractivity contribution in [3.8, 4) is 0 Å². The third-order valence-corrected chi connectivity index (χ3v) is 4.95. The van der Waals surface area contributed by atoms with Crippen LogP contribution in [0, 0.1) is 5.82 Å². The molecule has 2 atom stereocenters. The summed E-state index contributed by atoms with van der Waals surface area (Å²) in [5.74, 6) is -0.499. The van der Waals surface area contributed by atoms with Gasteiger partial charge in [-0.05, 0) is 61.7 Å². The molecule has 0 unspecified atom stereocenters. The molecular weight excluding hydrogens is 373 g/mol. The minimum absolute atomic E-state index is 0.0529. The molecule has 1 aliphatic carbocycles. The lowest BCUT2D eigenvalue weighted by Gasteiger charge is -2.29. The molecule has 0 saturated heterocycles. The minimum atomic E-state index is -0.577. The molecule has 1 saturated carbocycles. The van der Waals surface area contributed by atoms with Crippen LogP contribution in [-0.2, 0) is 4.74 Å². The third-order valence-electron chi connectivity index (χ3n) is 4.95. The van der Waals surface area contributed by atoms with E-state index in [-0.39, 0.29) is 23.9 Å². The first-order valence-corrected chi connectivity index (χ1v) is 9.72. The van der Waals surface area contributed by atoms with Gasteiger partial charge in [-0.1, -0.05) is 6.07 Å². The van der Waals surface area contributed by atoms with E-state index in [1.165, 1.54) is 24.3 Å². The topological polar surface area (TPSA) is 70.7 Å². The average molecular weight is 399 g/mol. The highest BCUT2D eigenvalue weighted by Gasteiger charge is 2.26. The lowest BCUT2D eigenvalue weighted by atomic mass is 9.92. The van der Waals surface area contributed by atoms with Gasteiger partial charge in [-0.15, -0.1) is 0 Å². The van der Waals surface area contributed by atoms with Crippen molar-refractivity contribution >= 4 is 23.4 Å². The predicted molar refractivity (Wildman–Crippen MR) is 111 cm³/mol. The van der Waals surface area contributed by atoms with Gasteiger partial charge in [0.25, 0.3) is 5.91 Å². The molecule has 2 aromatic rings. The molecule has 2 N–H and O–H groups in total. The van der Waals surface area contributed by atoms with Crippen LogP contribution in [-0.4, -0.2) is 38.2 Å². The number of nitrogens with zero attached hydrogens (tertiary/aromatic N) is 1. The zero-order valence-corrected chi connectivity index (χ0v) is 16.7. The van der Waals surface area contributed by atoms with E-state index >= 15 is 0 Å². The molecule has 29 heavy (non-hydrogen) atoms. The maximum Gasteiger partial charge on any atom is 0.411 e. The Morgan fingerprint density at radius 3 is 2.59 bits per heavy atom. The molecule has 154 valence electrons. The summed E-state index contributed by atoms with van der Waals surface area (Å²) in [6, 6.07) is 12.9. The van der Waals surface area contributed by atoms with E-state index < -0.39 is 6.09 Å². The van der Waals surface area contributed by atoms with Crippen molar-refractivity contribution in [3.05, 3.63) is 59.9 Å². The summed E-state index contributed by atoms with van der Waals surface area (Å²) in [7, 11) is 3.86. The van der Waals surface area contributed by atoms with Gasteiger partial charge in [0.15, 0.2) is 0 Å². The molecule has 2 aromatic carbocycles. The molecule has 1 fully saturated rings. The summed E-state index contributed by atoms with van der Waals surface area (Å²) >= 11 is 0. The van der Waals surface area contributed by atoms with Gasteiger partial charge < -0.3 is 15.0 Å². The minimum Gasteiger partial charge on any atom is -0.446 e. The average Bonchev–Trinajstić information content (AvgIpc) is 2.70. The fourth-order valence-electron chi connectivity index (χ4n) is 3.41. The van der Waals surface area contributed by atoms with E-state index in [9.17, 15) is 14.0 Å². The van der Waals surface area contributed by atoms with Crippen molar-refractivity contribution < 1.29 is 18.7 Å². The number of benzene rings is 2. The van der Waals surface area contributed by atoms with Crippen molar-refractivity contribution in [1.82, 2.24) is 5.32 Å². The van der Waals surface area contributed by atoms with E-state index in [4.69, 9.17) is 4.74 Å². The molecule has 7 heteroatoms. The number of hydrogen-bond donors (Lipinski definition) is 2. The Morgan fingerprint density at radius 1 is 1.10 bits per heavy atom. The predicted octanol–water partition coefficient (Wildman–Crippen LogP) is 4.18. The Balaban J connectivity index is 1.52. The molecule has 0 radical (unpaired) electrons. The van der Waals surface area contributed by atoms with Crippen LogP contribution in [0.25, 0.3) is 0 Å². The number of nitrogens with one attached hydrogen (secondary N) is 2. The van der Waals surface area contributed by atoms with Crippen LogP contribution in [0.1, 0.15) is 36.0 Å². The van der Waals surface area contributed by atoms with E-state index in [1.54, 1.807) is 6.07 Å². The van der Waals surface area contributed by atoms with Gasteiger partial charge >= 0.3 is 6.09 Å². The van der Waals surface area contributed by atoms with E-state index in [2.05, 4.69) is 10.6 Å². The molecular formula is C22H26FN3O3. The molecule has 0 aromatic heterocycles. The number of carbonyl (C=O) groups is 2. The fourth-order valence-corrected chi connectivity index (χ4v) is 3.41. The van der Waals surface area contributed by atoms with Crippen LogP contribution in [0.2, 0.25) is 0 Å². The number of ether oxygens (including phenoxy) is 1. The van der Waals surface area contributed by atoms with Crippen LogP contribution in [0.5, 0.6) is 0 Å². The van der Waals surface area contributed by atoms with Crippen molar-refractivity contribution in [2.45, 2.75) is 37.8 Å². The van der Waals surface area contributed by atoms with Crippen LogP contribution in [0.4, 0.5) is 20.6 Å². The molecule has 3 rings (SSSR count). The highest BCUT2D eigenvalue weighted by Crippen LogP contribution is 2.23. The first-order valence-electron chi connectivity index (χ1n) is 9.72. The molecule has 0 spiro atoms. The summed E-state index contributed by atoms with van der Waals surface area (Å²) in [4.78, 5) is 26.6.